The van der Waals surface area contributed by atoms with Crippen LogP contribution in [0.15, 0.2) is 29.3 Å². The summed E-state index contributed by atoms with van der Waals surface area (Å²) in [5.41, 5.74) is -0.300. The van der Waals surface area contributed by atoms with Gasteiger partial charge in [0.25, 0.3) is 5.69 Å². The monoisotopic (exact) mass is 610 g/mol. The van der Waals surface area contributed by atoms with Crippen LogP contribution in [0.1, 0.15) is 34.6 Å². The van der Waals surface area contributed by atoms with Gasteiger partial charge in [-0.3, -0.25) is 29.3 Å². The maximum Gasteiger partial charge on any atom is 0.383 e. The van der Waals surface area contributed by atoms with E-state index in [0.29, 0.717) is 0 Å². The van der Waals surface area contributed by atoms with Gasteiger partial charge < -0.3 is 37.9 Å². The number of esters is 5. The van der Waals surface area contributed by atoms with Crippen molar-refractivity contribution >= 4 is 41.4 Å². The lowest BCUT2D eigenvalue weighted by Crippen LogP contribution is -2.73. The molecule has 0 radical (unpaired) electrons. The molecule has 0 bridgehead atoms. The van der Waals surface area contributed by atoms with E-state index in [4.69, 9.17) is 37.9 Å². The topological polar surface area (TPSA) is 215 Å². The highest BCUT2D eigenvalue weighted by atomic mass is 16.8. The molecule has 234 valence electrons. The molecule has 2 aliphatic rings. The van der Waals surface area contributed by atoms with E-state index in [0.717, 1.165) is 59.1 Å². The lowest BCUT2D eigenvalue weighted by molar-refractivity contribution is -0.384. The summed E-state index contributed by atoms with van der Waals surface area (Å²) in [5, 5.41) is 11.2. The molecule has 0 unspecified atom stereocenters. The lowest BCUT2D eigenvalue weighted by Gasteiger charge is -2.48. The summed E-state index contributed by atoms with van der Waals surface area (Å²) in [6.45, 7) is 5.11. The summed E-state index contributed by atoms with van der Waals surface area (Å²) in [4.78, 5) is 76.6. The van der Waals surface area contributed by atoms with Gasteiger partial charge in [0.1, 0.15) is 24.5 Å². The molecule has 0 spiro atoms. The number of hydrogen-bond donors (Lipinski definition) is 0. The largest absolute Gasteiger partial charge is 0.471 e. The van der Waals surface area contributed by atoms with Crippen molar-refractivity contribution in [3.63, 3.8) is 0 Å². The molecular formula is C26H30N2O15. The molecule has 0 saturated carbocycles. The number of ether oxygens (including phenoxy) is 8. The van der Waals surface area contributed by atoms with Gasteiger partial charge in [-0.05, 0) is 12.1 Å². The highest BCUT2D eigenvalue weighted by Gasteiger charge is 2.69. The Morgan fingerprint density at radius 1 is 1.00 bits per heavy atom. The van der Waals surface area contributed by atoms with E-state index in [1.165, 1.54) is 6.92 Å². The van der Waals surface area contributed by atoms with Crippen LogP contribution in [0.2, 0.25) is 0 Å². The minimum atomic E-state index is -2.71. The molecule has 2 heterocycles. The van der Waals surface area contributed by atoms with Crippen LogP contribution in [0.5, 0.6) is 5.75 Å². The first kappa shape index (κ1) is 32.7. The van der Waals surface area contributed by atoms with E-state index in [2.05, 4.69) is 4.99 Å². The first-order chi connectivity index (χ1) is 20.2. The van der Waals surface area contributed by atoms with Gasteiger partial charge in [-0.1, -0.05) is 0 Å². The molecular weight excluding hydrogens is 580 g/mol. The number of methoxy groups -OCH3 is 1. The van der Waals surface area contributed by atoms with E-state index in [-0.39, 0.29) is 17.3 Å². The number of hydrogen-bond acceptors (Lipinski definition) is 16. The van der Waals surface area contributed by atoms with Crippen LogP contribution < -0.4 is 4.74 Å². The molecule has 1 saturated heterocycles. The molecule has 7 atom stereocenters. The van der Waals surface area contributed by atoms with Crippen molar-refractivity contribution < 1.29 is 66.8 Å². The minimum absolute atomic E-state index is 0.0577. The predicted octanol–water partition coefficient (Wildman–Crippen LogP) is 0.786. The number of carbonyl (C=O) groups excluding carboxylic acids is 5. The van der Waals surface area contributed by atoms with Crippen molar-refractivity contribution in [2.75, 3.05) is 13.7 Å². The summed E-state index contributed by atoms with van der Waals surface area (Å²) >= 11 is 0. The Kier molecular flexibility index (Phi) is 10.2. The van der Waals surface area contributed by atoms with E-state index in [1.54, 1.807) is 0 Å². The van der Waals surface area contributed by atoms with Crippen LogP contribution >= 0.6 is 0 Å². The number of rotatable bonds is 11. The molecule has 1 aromatic carbocycles. The third kappa shape index (κ3) is 7.54. The fourth-order valence-corrected chi connectivity index (χ4v) is 4.62. The molecule has 1 aromatic rings. The maximum atomic E-state index is 13.6. The molecule has 0 amide bonds. The standard InChI is InChI=1S/C26H30N2O15/c1-12-27-20-22(21(40-15(4)31)19(39-14(3)30)11-37-13(2)29)43-26(25(33)36-6,24(23(20)38-12)41-16(5)32)42-18-9-7-17(8-10-18)28(34)35/h7-10,19-24H,11H2,1-6H3/t19-,20+,21+,22-,23+,24-,26-/m1/s1. The summed E-state index contributed by atoms with van der Waals surface area (Å²) in [7, 11) is 0.988. The average Bonchev–Trinajstić information content (AvgIpc) is 3.31. The molecule has 17 nitrogen and oxygen atoms in total. The molecule has 17 heteroatoms. The summed E-state index contributed by atoms with van der Waals surface area (Å²) in [5.74, 6) is -7.43. The Hall–Kier alpha value is -4.80. The van der Waals surface area contributed by atoms with Crippen molar-refractivity contribution in [1.82, 2.24) is 0 Å². The smallest absolute Gasteiger partial charge is 0.383 e. The van der Waals surface area contributed by atoms with Gasteiger partial charge in [-0.2, -0.15) is 0 Å². The number of fused-ring (bicyclic) bond motifs is 1. The zero-order chi connectivity index (χ0) is 32.1. The number of nitro groups is 1. The highest BCUT2D eigenvalue weighted by Crippen LogP contribution is 2.42. The zero-order valence-corrected chi connectivity index (χ0v) is 24.0. The lowest BCUT2D eigenvalue weighted by atomic mass is 9.86. The minimum Gasteiger partial charge on any atom is -0.471 e. The van der Waals surface area contributed by atoms with Crippen LogP contribution in [-0.4, -0.2) is 96.7 Å². The molecule has 0 aliphatic carbocycles. The molecule has 43 heavy (non-hydrogen) atoms. The van der Waals surface area contributed by atoms with Crippen LogP contribution in [0.25, 0.3) is 0 Å². The maximum absolute atomic E-state index is 13.6. The second-order valence-corrected chi connectivity index (χ2v) is 9.37. The summed E-state index contributed by atoms with van der Waals surface area (Å²) in [6.07, 6.45) is -7.71. The summed E-state index contributed by atoms with van der Waals surface area (Å²) in [6, 6.07) is 3.30. The van der Waals surface area contributed by atoms with Crippen molar-refractivity contribution in [2.24, 2.45) is 4.99 Å². The van der Waals surface area contributed by atoms with Gasteiger partial charge in [0.15, 0.2) is 24.2 Å². The van der Waals surface area contributed by atoms with E-state index >= 15 is 0 Å². The fourth-order valence-electron chi connectivity index (χ4n) is 4.62. The molecule has 0 aromatic heterocycles. The number of nitro benzene ring substituents is 1. The van der Waals surface area contributed by atoms with E-state index < -0.39 is 83.7 Å². The second kappa shape index (κ2) is 13.5. The third-order valence-electron chi connectivity index (χ3n) is 6.14. The quantitative estimate of drug-likeness (QED) is 0.146. The normalized spacial score (nSPS) is 25.4. The first-order valence-electron chi connectivity index (χ1n) is 12.7. The van der Waals surface area contributed by atoms with Crippen LogP contribution in [0.4, 0.5) is 5.69 Å². The van der Waals surface area contributed by atoms with Crippen molar-refractivity contribution in [2.45, 2.75) is 77.0 Å². The van der Waals surface area contributed by atoms with Gasteiger partial charge in [-0.25, -0.2) is 9.79 Å². The van der Waals surface area contributed by atoms with Crippen LogP contribution in [0.3, 0.4) is 0 Å². The number of carbonyl (C=O) groups is 5. The molecule has 3 rings (SSSR count). The second-order valence-electron chi connectivity index (χ2n) is 9.37. The Bertz CT molecular complexity index is 1300. The summed E-state index contributed by atoms with van der Waals surface area (Å²) < 4.78 is 44.3. The van der Waals surface area contributed by atoms with Crippen molar-refractivity contribution in [1.29, 1.82) is 0 Å². The SMILES string of the molecule is COC(=O)[C@]1(Oc2ccc([N+](=O)[O-])cc2)O[C@@H]([C@@H](OC(C)=O)[C@@H](COC(C)=O)OC(C)=O)[C@@H]2N=C(C)O[C@@H]2[C@H]1OC(C)=O. The van der Waals surface area contributed by atoms with E-state index in [9.17, 15) is 34.1 Å². The Labute approximate surface area is 244 Å². The number of non-ortho nitro benzene ring substituents is 1. The van der Waals surface area contributed by atoms with Crippen molar-refractivity contribution in [3.05, 3.63) is 34.4 Å². The Balaban J connectivity index is 2.22. The number of aliphatic imine (C=N–C) groups is 1. The average molecular weight is 611 g/mol. The first-order valence-corrected chi connectivity index (χ1v) is 12.7. The third-order valence-corrected chi connectivity index (χ3v) is 6.14. The molecule has 2 aliphatic heterocycles. The highest BCUT2D eigenvalue weighted by molar-refractivity contribution is 5.82. The number of nitrogens with zero attached hydrogens (tertiary/aromatic N) is 2. The van der Waals surface area contributed by atoms with Crippen LogP contribution in [-0.2, 0) is 57.1 Å². The zero-order valence-electron chi connectivity index (χ0n) is 24.0. The van der Waals surface area contributed by atoms with Gasteiger partial charge in [0.2, 0.25) is 6.10 Å². The van der Waals surface area contributed by atoms with Gasteiger partial charge in [0.05, 0.1) is 12.0 Å². The Morgan fingerprint density at radius 2 is 1.63 bits per heavy atom. The number of benzene rings is 1. The van der Waals surface area contributed by atoms with Crippen LogP contribution in [0, 0.1) is 10.1 Å². The molecule has 0 N–H and O–H groups in total. The molecule has 1 fully saturated rings. The Morgan fingerprint density at radius 3 is 2.14 bits per heavy atom. The van der Waals surface area contributed by atoms with Crippen molar-refractivity contribution in [3.8, 4) is 5.75 Å². The van der Waals surface area contributed by atoms with Gasteiger partial charge in [0, 0.05) is 46.8 Å². The van der Waals surface area contributed by atoms with Gasteiger partial charge >= 0.3 is 35.6 Å². The van der Waals surface area contributed by atoms with E-state index in [1.807, 2.05) is 0 Å². The fraction of sp³-hybridized carbons (Fsp3) is 0.538. The van der Waals surface area contributed by atoms with Gasteiger partial charge in [-0.15, -0.1) is 0 Å². The predicted molar refractivity (Wildman–Crippen MR) is 138 cm³/mol.